The molecule has 0 heterocycles. The van der Waals surface area contributed by atoms with Crippen molar-refractivity contribution in [3.63, 3.8) is 0 Å². The van der Waals surface area contributed by atoms with Gasteiger partial charge in [0.2, 0.25) is 0 Å². The number of nitrogens with one attached hydrogen (secondary N) is 2. The van der Waals surface area contributed by atoms with Crippen molar-refractivity contribution in [1.82, 2.24) is 10.6 Å². The van der Waals surface area contributed by atoms with Gasteiger partial charge < -0.3 is 10.6 Å². The quantitative estimate of drug-likeness (QED) is 0.895. The molecule has 1 saturated carbocycles. The van der Waals surface area contributed by atoms with Crippen molar-refractivity contribution in [1.29, 1.82) is 5.26 Å². The highest BCUT2D eigenvalue weighted by Crippen LogP contribution is 2.27. The Hall–Kier alpha value is -2.54. The number of nitriles is 1. The van der Waals surface area contributed by atoms with E-state index in [2.05, 4.69) is 41.0 Å². The third kappa shape index (κ3) is 4.26. The van der Waals surface area contributed by atoms with Gasteiger partial charge in [0.15, 0.2) is 0 Å². The van der Waals surface area contributed by atoms with Gasteiger partial charge in [0, 0.05) is 19.0 Å². The molecule has 0 spiro atoms. The highest BCUT2D eigenvalue weighted by molar-refractivity contribution is 5.83. The Morgan fingerprint density at radius 3 is 2.54 bits per heavy atom. The average molecular weight is 321 g/mol. The molecule has 3 rings (SSSR count). The fraction of sp³-hybridized carbons (Fsp3) is 0.400. The maximum atomic E-state index is 12.0. The molecule has 0 atom stereocenters. The van der Waals surface area contributed by atoms with Crippen LogP contribution in [0, 0.1) is 23.2 Å². The Bertz CT molecular complexity index is 742. The third-order valence-electron chi connectivity index (χ3n) is 4.85. The average Bonchev–Trinajstić information content (AvgIpc) is 2.65. The van der Waals surface area contributed by atoms with Crippen LogP contribution in [0.1, 0.15) is 31.2 Å². The van der Waals surface area contributed by atoms with Crippen LogP contribution in [-0.2, 0) is 6.54 Å². The molecule has 0 aromatic heterocycles. The Kier molecular flexibility index (Phi) is 5.32. The normalized spacial score (nSPS) is 20.3. The van der Waals surface area contributed by atoms with Gasteiger partial charge in [0.05, 0.1) is 6.07 Å². The van der Waals surface area contributed by atoms with Crippen LogP contribution in [0.25, 0.3) is 10.8 Å². The van der Waals surface area contributed by atoms with Gasteiger partial charge in [-0.3, -0.25) is 0 Å². The minimum absolute atomic E-state index is 0.120. The molecule has 2 N–H and O–H groups in total. The second-order valence-electron chi connectivity index (χ2n) is 6.59. The SMILES string of the molecule is N#CC1CCC(CNC(=O)NCc2ccc3ccccc3c2)CC1. The second kappa shape index (κ2) is 7.83. The van der Waals surface area contributed by atoms with Gasteiger partial charge in [-0.05, 0) is 54.0 Å². The molecular formula is C20H23N3O. The molecule has 0 radical (unpaired) electrons. The summed E-state index contributed by atoms with van der Waals surface area (Å²) in [7, 11) is 0. The van der Waals surface area contributed by atoms with Crippen LogP contribution in [0.4, 0.5) is 4.79 Å². The molecule has 24 heavy (non-hydrogen) atoms. The van der Waals surface area contributed by atoms with Gasteiger partial charge in [-0.25, -0.2) is 4.79 Å². The minimum Gasteiger partial charge on any atom is -0.338 e. The number of hydrogen-bond acceptors (Lipinski definition) is 2. The molecular weight excluding hydrogens is 298 g/mol. The molecule has 2 aromatic rings. The minimum atomic E-state index is -0.120. The molecule has 2 aromatic carbocycles. The monoisotopic (exact) mass is 321 g/mol. The van der Waals surface area contributed by atoms with Gasteiger partial charge in [-0.2, -0.15) is 5.26 Å². The van der Waals surface area contributed by atoms with Crippen molar-refractivity contribution in [2.75, 3.05) is 6.54 Å². The zero-order chi connectivity index (χ0) is 16.8. The number of fused-ring (bicyclic) bond motifs is 1. The van der Waals surface area contributed by atoms with E-state index in [1.54, 1.807) is 0 Å². The summed E-state index contributed by atoms with van der Waals surface area (Å²) in [4.78, 5) is 12.0. The molecule has 4 nitrogen and oxygen atoms in total. The lowest BCUT2D eigenvalue weighted by Gasteiger charge is -2.24. The van der Waals surface area contributed by atoms with E-state index >= 15 is 0 Å². The van der Waals surface area contributed by atoms with Crippen molar-refractivity contribution in [3.05, 3.63) is 48.0 Å². The summed E-state index contributed by atoms with van der Waals surface area (Å²) in [5.41, 5.74) is 1.10. The summed E-state index contributed by atoms with van der Waals surface area (Å²) in [5, 5.41) is 17.2. The number of benzene rings is 2. The van der Waals surface area contributed by atoms with E-state index in [9.17, 15) is 4.79 Å². The zero-order valence-electron chi connectivity index (χ0n) is 13.8. The standard InChI is InChI=1S/C20H23N3O/c21-12-15-5-7-16(8-6-15)13-22-20(24)23-14-17-9-10-18-3-1-2-4-19(18)11-17/h1-4,9-11,15-16H,5-8,13-14H2,(H2,22,23,24). The zero-order valence-corrected chi connectivity index (χ0v) is 13.8. The van der Waals surface area contributed by atoms with E-state index in [0.717, 1.165) is 31.2 Å². The van der Waals surface area contributed by atoms with Crippen molar-refractivity contribution >= 4 is 16.8 Å². The summed E-state index contributed by atoms with van der Waals surface area (Å²) in [6.45, 7) is 1.22. The third-order valence-corrected chi connectivity index (χ3v) is 4.85. The van der Waals surface area contributed by atoms with Crippen molar-refractivity contribution in [2.24, 2.45) is 11.8 Å². The maximum absolute atomic E-state index is 12.0. The van der Waals surface area contributed by atoms with Gasteiger partial charge >= 0.3 is 6.03 Å². The Morgan fingerprint density at radius 1 is 1.04 bits per heavy atom. The summed E-state index contributed by atoms with van der Waals surface area (Å²) in [5.74, 6) is 0.712. The number of carbonyl (C=O) groups excluding carboxylic acids is 1. The molecule has 0 aliphatic heterocycles. The molecule has 0 bridgehead atoms. The van der Waals surface area contributed by atoms with E-state index in [1.807, 2.05) is 18.2 Å². The fourth-order valence-electron chi connectivity index (χ4n) is 3.33. The van der Waals surface area contributed by atoms with Crippen LogP contribution < -0.4 is 10.6 Å². The second-order valence-corrected chi connectivity index (χ2v) is 6.59. The molecule has 1 fully saturated rings. The lowest BCUT2D eigenvalue weighted by molar-refractivity contribution is 0.234. The van der Waals surface area contributed by atoms with Crippen LogP contribution >= 0.6 is 0 Å². The summed E-state index contributed by atoms with van der Waals surface area (Å²) in [6.07, 6.45) is 3.98. The van der Waals surface area contributed by atoms with Crippen LogP contribution in [0.15, 0.2) is 42.5 Å². The molecule has 1 aliphatic rings. The first kappa shape index (κ1) is 16.3. The highest BCUT2D eigenvalue weighted by atomic mass is 16.2. The number of rotatable bonds is 4. The number of urea groups is 1. The Morgan fingerprint density at radius 2 is 1.79 bits per heavy atom. The van der Waals surface area contributed by atoms with Crippen LogP contribution in [-0.4, -0.2) is 12.6 Å². The van der Waals surface area contributed by atoms with Crippen LogP contribution in [0.5, 0.6) is 0 Å². The number of hydrogen-bond donors (Lipinski definition) is 2. The number of nitrogens with zero attached hydrogens (tertiary/aromatic N) is 1. The first-order valence-electron chi connectivity index (χ1n) is 8.63. The molecule has 1 aliphatic carbocycles. The lowest BCUT2D eigenvalue weighted by Crippen LogP contribution is -2.38. The summed E-state index contributed by atoms with van der Waals surface area (Å²) in [6, 6.07) is 16.7. The van der Waals surface area contributed by atoms with E-state index < -0.39 is 0 Å². The van der Waals surface area contributed by atoms with Gasteiger partial charge in [-0.1, -0.05) is 36.4 Å². The summed E-state index contributed by atoms with van der Waals surface area (Å²) < 4.78 is 0. The van der Waals surface area contributed by atoms with Crippen LogP contribution in [0.3, 0.4) is 0 Å². The predicted molar refractivity (Wildman–Crippen MR) is 95.2 cm³/mol. The van der Waals surface area contributed by atoms with Crippen molar-refractivity contribution < 1.29 is 4.79 Å². The Balaban J connectivity index is 1.43. The maximum Gasteiger partial charge on any atom is 0.315 e. The van der Waals surface area contributed by atoms with E-state index in [4.69, 9.17) is 5.26 Å². The summed E-state index contributed by atoms with van der Waals surface area (Å²) >= 11 is 0. The van der Waals surface area contributed by atoms with E-state index in [1.165, 1.54) is 10.8 Å². The van der Waals surface area contributed by atoms with Crippen LogP contribution in [0.2, 0.25) is 0 Å². The largest absolute Gasteiger partial charge is 0.338 e. The topological polar surface area (TPSA) is 64.9 Å². The number of amides is 2. The van der Waals surface area contributed by atoms with E-state index in [0.29, 0.717) is 19.0 Å². The smallest absolute Gasteiger partial charge is 0.315 e. The van der Waals surface area contributed by atoms with Gasteiger partial charge in [-0.15, -0.1) is 0 Å². The highest BCUT2D eigenvalue weighted by Gasteiger charge is 2.20. The number of carbonyl (C=O) groups is 1. The van der Waals surface area contributed by atoms with Gasteiger partial charge in [0.1, 0.15) is 0 Å². The molecule has 0 saturated heterocycles. The van der Waals surface area contributed by atoms with Crippen molar-refractivity contribution in [2.45, 2.75) is 32.2 Å². The first-order chi connectivity index (χ1) is 11.7. The first-order valence-corrected chi connectivity index (χ1v) is 8.63. The molecule has 2 amide bonds. The molecule has 4 heteroatoms. The molecule has 0 unspecified atom stereocenters. The predicted octanol–water partition coefficient (Wildman–Crippen LogP) is 3.97. The van der Waals surface area contributed by atoms with Gasteiger partial charge in [0.25, 0.3) is 0 Å². The van der Waals surface area contributed by atoms with E-state index in [-0.39, 0.29) is 11.9 Å². The molecule has 124 valence electrons. The van der Waals surface area contributed by atoms with Crippen molar-refractivity contribution in [3.8, 4) is 6.07 Å². The fourth-order valence-corrected chi connectivity index (χ4v) is 3.33. The Labute approximate surface area is 142 Å². The lowest BCUT2D eigenvalue weighted by atomic mass is 9.83.